The first-order chi connectivity index (χ1) is 9.58. The van der Waals surface area contributed by atoms with E-state index in [2.05, 4.69) is 70.5 Å². The molecule has 2 aromatic rings. The number of rotatable bonds is 6. The van der Waals surface area contributed by atoms with Crippen molar-refractivity contribution in [3.05, 3.63) is 56.7 Å². The number of thiophene rings is 1. The first-order valence-electron chi connectivity index (χ1n) is 6.81. The molecule has 1 aromatic heterocycles. The molecule has 0 fully saturated rings. The summed E-state index contributed by atoms with van der Waals surface area (Å²) in [7, 11) is 2.16. The molecule has 0 radical (unpaired) electrons. The number of nitrogens with zero attached hydrogens (tertiary/aromatic N) is 1. The van der Waals surface area contributed by atoms with E-state index in [1.807, 2.05) is 17.4 Å². The third kappa shape index (κ3) is 4.16. The molecule has 0 aliphatic carbocycles. The largest absolute Gasteiger partial charge is 0.326 e. The minimum absolute atomic E-state index is 0.0950. The average molecular weight is 353 g/mol. The number of likely N-dealkylation sites (N-methyl/N-ethyl adjacent to an activating group) is 1. The van der Waals surface area contributed by atoms with Crippen LogP contribution < -0.4 is 5.73 Å². The van der Waals surface area contributed by atoms with Crippen LogP contribution in [0.4, 0.5) is 0 Å². The van der Waals surface area contributed by atoms with E-state index in [1.54, 1.807) is 0 Å². The Bertz CT molecular complexity index is 525. The molecule has 4 heteroatoms. The Morgan fingerprint density at radius 1 is 1.30 bits per heavy atom. The lowest BCUT2D eigenvalue weighted by Crippen LogP contribution is -2.38. The molecule has 1 heterocycles. The number of hydrogen-bond acceptors (Lipinski definition) is 3. The molecule has 0 saturated heterocycles. The maximum absolute atomic E-state index is 6.21. The monoisotopic (exact) mass is 352 g/mol. The fraction of sp³-hybridized carbons (Fsp3) is 0.375. The summed E-state index contributed by atoms with van der Waals surface area (Å²) in [6.45, 7) is 3.09. The molecule has 0 saturated carbocycles. The average Bonchev–Trinajstić information content (AvgIpc) is 2.89. The summed E-state index contributed by atoms with van der Waals surface area (Å²) in [5.74, 6) is 0. The van der Waals surface area contributed by atoms with Crippen molar-refractivity contribution < 1.29 is 0 Å². The molecule has 0 bridgehead atoms. The molecule has 108 valence electrons. The molecular formula is C16H21BrN2S. The summed E-state index contributed by atoms with van der Waals surface area (Å²) in [5.41, 5.74) is 7.48. The van der Waals surface area contributed by atoms with Crippen LogP contribution in [-0.4, -0.2) is 24.5 Å². The van der Waals surface area contributed by atoms with E-state index in [4.69, 9.17) is 5.73 Å². The third-order valence-corrected chi connectivity index (χ3v) is 4.88. The van der Waals surface area contributed by atoms with Crippen molar-refractivity contribution >= 4 is 27.3 Å². The summed E-state index contributed by atoms with van der Waals surface area (Å²) < 4.78 is 1.10. The summed E-state index contributed by atoms with van der Waals surface area (Å²) >= 11 is 5.36. The highest BCUT2D eigenvalue weighted by molar-refractivity contribution is 9.10. The second kappa shape index (κ2) is 7.36. The smallest absolute Gasteiger partial charge is 0.0494 e. The summed E-state index contributed by atoms with van der Waals surface area (Å²) in [6, 6.07) is 13.1. The van der Waals surface area contributed by atoms with E-state index in [0.717, 1.165) is 17.4 Å². The van der Waals surface area contributed by atoms with E-state index in [1.165, 1.54) is 10.4 Å². The molecule has 0 amide bonds. The lowest BCUT2D eigenvalue weighted by atomic mass is 9.99. The normalized spacial score (nSPS) is 14.4. The van der Waals surface area contributed by atoms with Crippen molar-refractivity contribution in [1.29, 1.82) is 0 Å². The van der Waals surface area contributed by atoms with Crippen LogP contribution in [0.5, 0.6) is 0 Å². The van der Waals surface area contributed by atoms with Crippen LogP contribution in [0.3, 0.4) is 0 Å². The topological polar surface area (TPSA) is 29.3 Å². The van der Waals surface area contributed by atoms with Gasteiger partial charge in [-0.25, -0.2) is 0 Å². The van der Waals surface area contributed by atoms with Crippen LogP contribution in [0.25, 0.3) is 0 Å². The number of hydrogen-bond donors (Lipinski definition) is 1. The highest BCUT2D eigenvalue weighted by Crippen LogP contribution is 2.25. The maximum Gasteiger partial charge on any atom is 0.0494 e. The van der Waals surface area contributed by atoms with E-state index < -0.39 is 0 Å². The Morgan fingerprint density at radius 3 is 2.70 bits per heavy atom. The molecule has 2 rings (SSSR count). The molecule has 2 atom stereocenters. The zero-order valence-corrected chi connectivity index (χ0v) is 14.3. The fourth-order valence-corrected chi connectivity index (χ4v) is 3.65. The minimum atomic E-state index is 0.0950. The van der Waals surface area contributed by atoms with Gasteiger partial charge in [-0.1, -0.05) is 34.1 Å². The standard InChI is InChI=1S/C16H21BrN2S/c1-12(18)16(13-5-3-6-14(17)11-13)19(2)9-8-15-7-4-10-20-15/h3-7,10-12,16H,8-9,18H2,1-2H3. The van der Waals surface area contributed by atoms with Gasteiger partial charge in [0.25, 0.3) is 0 Å². The van der Waals surface area contributed by atoms with Crippen LogP contribution in [0.15, 0.2) is 46.3 Å². The van der Waals surface area contributed by atoms with Gasteiger partial charge in [-0.3, -0.25) is 4.90 Å². The van der Waals surface area contributed by atoms with Crippen molar-refractivity contribution in [2.45, 2.75) is 25.4 Å². The molecule has 2 unspecified atom stereocenters. The van der Waals surface area contributed by atoms with Gasteiger partial charge in [-0.15, -0.1) is 11.3 Å². The van der Waals surface area contributed by atoms with E-state index >= 15 is 0 Å². The van der Waals surface area contributed by atoms with Gasteiger partial charge in [-0.2, -0.15) is 0 Å². The van der Waals surface area contributed by atoms with Crippen LogP contribution in [0.1, 0.15) is 23.4 Å². The Labute approximate surface area is 133 Å². The first kappa shape index (κ1) is 15.7. The lowest BCUT2D eigenvalue weighted by Gasteiger charge is -2.31. The van der Waals surface area contributed by atoms with Crippen molar-refractivity contribution in [2.75, 3.05) is 13.6 Å². The van der Waals surface area contributed by atoms with Gasteiger partial charge < -0.3 is 5.73 Å². The predicted octanol–water partition coefficient (Wildman–Crippen LogP) is 4.07. The van der Waals surface area contributed by atoms with E-state index in [-0.39, 0.29) is 12.1 Å². The number of halogens is 1. The number of benzene rings is 1. The highest BCUT2D eigenvalue weighted by atomic mass is 79.9. The van der Waals surface area contributed by atoms with Crippen LogP contribution in [0, 0.1) is 0 Å². The minimum Gasteiger partial charge on any atom is -0.326 e. The zero-order chi connectivity index (χ0) is 14.5. The number of nitrogens with two attached hydrogens (primary N) is 1. The molecule has 0 aliphatic rings. The Kier molecular flexibility index (Phi) is 5.78. The highest BCUT2D eigenvalue weighted by Gasteiger charge is 2.21. The van der Waals surface area contributed by atoms with E-state index in [9.17, 15) is 0 Å². The first-order valence-corrected chi connectivity index (χ1v) is 8.49. The van der Waals surface area contributed by atoms with Crippen molar-refractivity contribution in [1.82, 2.24) is 4.90 Å². The Hall–Kier alpha value is -0.680. The molecule has 20 heavy (non-hydrogen) atoms. The third-order valence-electron chi connectivity index (χ3n) is 3.45. The molecule has 0 spiro atoms. The van der Waals surface area contributed by atoms with Crippen molar-refractivity contribution in [2.24, 2.45) is 5.73 Å². The Morgan fingerprint density at radius 2 is 2.10 bits per heavy atom. The van der Waals surface area contributed by atoms with Gasteiger partial charge in [0, 0.05) is 28.0 Å². The van der Waals surface area contributed by atoms with Crippen LogP contribution in [-0.2, 0) is 6.42 Å². The van der Waals surface area contributed by atoms with Gasteiger partial charge in [-0.05, 0) is 49.5 Å². The maximum atomic E-state index is 6.21. The molecule has 1 aromatic carbocycles. The lowest BCUT2D eigenvalue weighted by molar-refractivity contribution is 0.222. The SMILES string of the molecule is CC(N)C(c1cccc(Br)c1)N(C)CCc1cccs1. The Balaban J connectivity index is 2.07. The zero-order valence-electron chi connectivity index (χ0n) is 11.9. The summed E-state index contributed by atoms with van der Waals surface area (Å²) in [4.78, 5) is 3.78. The summed E-state index contributed by atoms with van der Waals surface area (Å²) in [6.07, 6.45) is 1.07. The molecule has 2 N–H and O–H groups in total. The van der Waals surface area contributed by atoms with Gasteiger partial charge in [0.1, 0.15) is 0 Å². The molecular weight excluding hydrogens is 332 g/mol. The molecule has 2 nitrogen and oxygen atoms in total. The van der Waals surface area contributed by atoms with Gasteiger partial charge >= 0.3 is 0 Å². The van der Waals surface area contributed by atoms with Gasteiger partial charge in [0.2, 0.25) is 0 Å². The van der Waals surface area contributed by atoms with Crippen LogP contribution in [0.2, 0.25) is 0 Å². The second-order valence-electron chi connectivity index (χ2n) is 5.17. The van der Waals surface area contributed by atoms with Gasteiger partial charge in [0.05, 0.1) is 0 Å². The van der Waals surface area contributed by atoms with Crippen molar-refractivity contribution in [3.8, 4) is 0 Å². The van der Waals surface area contributed by atoms with Gasteiger partial charge in [0.15, 0.2) is 0 Å². The van der Waals surface area contributed by atoms with Crippen molar-refractivity contribution in [3.63, 3.8) is 0 Å². The van der Waals surface area contributed by atoms with Crippen LogP contribution >= 0.6 is 27.3 Å². The summed E-state index contributed by atoms with van der Waals surface area (Å²) in [5, 5.41) is 2.13. The predicted molar refractivity (Wildman–Crippen MR) is 91.2 cm³/mol. The fourth-order valence-electron chi connectivity index (χ4n) is 2.53. The second-order valence-corrected chi connectivity index (χ2v) is 7.12. The molecule has 0 aliphatic heterocycles. The quantitative estimate of drug-likeness (QED) is 0.848. The van der Waals surface area contributed by atoms with E-state index in [0.29, 0.717) is 0 Å².